The molecule has 0 atom stereocenters. The average Bonchev–Trinajstić information content (AvgIpc) is 2.99. The highest BCUT2D eigenvalue weighted by Crippen LogP contribution is 2.42. The first-order valence-electron chi connectivity index (χ1n) is 13.3. The van der Waals surface area contributed by atoms with Crippen molar-refractivity contribution in [2.24, 2.45) is 15.3 Å². The van der Waals surface area contributed by atoms with Crippen LogP contribution in [0.4, 0.5) is 17.1 Å². The van der Waals surface area contributed by atoms with Gasteiger partial charge in [0.25, 0.3) is 10.1 Å². The molecule has 46 heavy (non-hydrogen) atoms. The minimum Gasteiger partial charge on any atom is -0.456 e. The number of rotatable bonds is 7. The van der Waals surface area contributed by atoms with Gasteiger partial charge in [-0.1, -0.05) is 18.2 Å². The molecule has 1 heterocycles. The molecule has 4 aromatic rings. The fourth-order valence-electron chi connectivity index (χ4n) is 4.97. The van der Waals surface area contributed by atoms with Gasteiger partial charge in [0.05, 0.1) is 20.8 Å². The summed E-state index contributed by atoms with van der Waals surface area (Å²) in [6.45, 7) is 0. The van der Waals surface area contributed by atoms with Crippen LogP contribution in [0, 0.1) is 0 Å². The topological polar surface area (TPSA) is 212 Å². The number of nitrogens with two attached hydrogens (primary N) is 2. The molecular weight excluding hydrogens is 653 g/mol. The third-order valence-corrected chi connectivity index (χ3v) is 9.80. The van der Waals surface area contributed by atoms with Crippen LogP contribution in [0.1, 0.15) is 0 Å². The van der Waals surface area contributed by atoms with Crippen LogP contribution in [-0.4, -0.2) is 29.8 Å². The van der Waals surface area contributed by atoms with Gasteiger partial charge in [-0.3, -0.25) is 4.55 Å². The Balaban J connectivity index is 1.53. The molecule has 0 spiro atoms. The van der Waals surface area contributed by atoms with Crippen molar-refractivity contribution in [3.63, 3.8) is 0 Å². The number of hydrogen-bond acceptors (Lipinski definition) is 9. The van der Waals surface area contributed by atoms with Crippen molar-refractivity contribution in [1.29, 1.82) is 0 Å². The largest absolute Gasteiger partial charge is 0.456 e. The maximum atomic E-state index is 12.4. The second-order valence-corrected chi connectivity index (χ2v) is 14.7. The zero-order valence-corrected chi connectivity index (χ0v) is 26.0. The summed E-state index contributed by atoms with van der Waals surface area (Å²) in [5, 5.41) is 14.6. The zero-order valence-electron chi connectivity index (χ0n) is 23.5. The monoisotopic (exact) mass is 676 g/mol. The van der Waals surface area contributed by atoms with Gasteiger partial charge in [0.2, 0.25) is 20.0 Å². The van der Waals surface area contributed by atoms with Crippen molar-refractivity contribution in [3.8, 4) is 22.5 Å². The van der Waals surface area contributed by atoms with Gasteiger partial charge >= 0.3 is 0 Å². The molecule has 0 amide bonds. The Morgan fingerprint density at radius 1 is 0.652 bits per heavy atom. The summed E-state index contributed by atoms with van der Waals surface area (Å²) in [5.41, 5.74) is 3.21. The zero-order chi connectivity index (χ0) is 32.9. The second kappa shape index (κ2) is 11.5. The molecule has 0 unspecified atom stereocenters. The maximum Gasteiger partial charge on any atom is 0.295 e. The van der Waals surface area contributed by atoms with Crippen molar-refractivity contribution < 1.29 is 34.2 Å². The van der Waals surface area contributed by atoms with Crippen molar-refractivity contribution in [1.82, 2.24) is 0 Å². The number of nitrogens with one attached hydrogen (secondary N) is 1. The predicted molar refractivity (Wildman–Crippen MR) is 172 cm³/mol. The first-order valence-corrected chi connectivity index (χ1v) is 17.9. The summed E-state index contributed by atoms with van der Waals surface area (Å²) >= 11 is 0. The average molecular weight is 677 g/mol. The summed E-state index contributed by atoms with van der Waals surface area (Å²) in [6, 6.07) is 27.8. The smallest absolute Gasteiger partial charge is 0.295 e. The third-order valence-electron chi connectivity index (χ3n) is 7.03. The second-order valence-electron chi connectivity index (χ2n) is 10.2. The summed E-state index contributed by atoms with van der Waals surface area (Å²) in [4.78, 5) is 4.17. The minimum atomic E-state index is -4.61. The lowest BCUT2D eigenvalue weighted by Crippen LogP contribution is -2.11. The Kier molecular flexibility index (Phi) is 7.76. The minimum absolute atomic E-state index is 0.0400. The van der Waals surface area contributed by atoms with Gasteiger partial charge < -0.3 is 9.73 Å². The van der Waals surface area contributed by atoms with Gasteiger partial charge in [-0.2, -0.15) is 8.42 Å². The number of sulfonamides is 2. The predicted octanol–water partition coefficient (Wildman–Crippen LogP) is 4.72. The summed E-state index contributed by atoms with van der Waals surface area (Å²) in [7, 11) is -12.3. The fraction of sp³-hybridized carbons (Fsp3) is 0. The van der Waals surface area contributed by atoms with Crippen molar-refractivity contribution in [2.75, 3.05) is 5.32 Å². The van der Waals surface area contributed by atoms with E-state index in [4.69, 9.17) is 14.7 Å². The first-order chi connectivity index (χ1) is 21.7. The standard InChI is InChI=1S/C31H24N4O8S3/c32-44(36,37)23-11-5-19(6-12-23)34-21-9-15-25-28(17-21)43-29-18-22(35-20-7-13-24(14-8-20)45(33,38)39)10-16-26(29)31(25)27-3-1-2-4-30(27)46(40,41)42/h1-18,34H,(H2,32,36,37)(H2,33,38,39)(H,40,41,42). The molecular formula is C31H24N4O8S3. The molecule has 0 bridgehead atoms. The van der Waals surface area contributed by atoms with Crippen LogP contribution in [0.25, 0.3) is 33.4 Å². The molecule has 234 valence electrons. The van der Waals surface area contributed by atoms with Crippen LogP contribution in [0.3, 0.4) is 0 Å². The molecule has 6 rings (SSSR count). The number of nitrogens with zero attached hydrogens (tertiary/aromatic N) is 1. The number of primary sulfonamides is 2. The molecule has 1 aliphatic carbocycles. The van der Waals surface area contributed by atoms with Crippen LogP contribution in [0.2, 0.25) is 0 Å². The van der Waals surface area contributed by atoms with Crippen LogP contribution in [0.15, 0.2) is 133 Å². The molecule has 15 heteroatoms. The lowest BCUT2D eigenvalue weighted by molar-refractivity contribution is 0.483. The Labute approximate surface area is 263 Å². The Morgan fingerprint density at radius 3 is 1.89 bits per heavy atom. The van der Waals surface area contributed by atoms with Crippen molar-refractivity contribution in [2.45, 2.75) is 14.7 Å². The summed E-state index contributed by atoms with van der Waals surface area (Å²) < 4.78 is 87.7. The van der Waals surface area contributed by atoms with E-state index in [9.17, 15) is 29.8 Å². The van der Waals surface area contributed by atoms with Gasteiger partial charge in [-0.05, 0) is 78.9 Å². The van der Waals surface area contributed by atoms with Crippen molar-refractivity contribution in [3.05, 3.63) is 115 Å². The van der Waals surface area contributed by atoms with E-state index in [2.05, 4.69) is 10.3 Å². The van der Waals surface area contributed by atoms with Gasteiger partial charge in [0.1, 0.15) is 16.2 Å². The highest BCUT2D eigenvalue weighted by Gasteiger charge is 2.23. The van der Waals surface area contributed by atoms with E-state index in [0.29, 0.717) is 50.3 Å². The highest BCUT2D eigenvalue weighted by atomic mass is 32.2. The Hall–Kier alpha value is -4.90. The van der Waals surface area contributed by atoms with E-state index in [-0.39, 0.29) is 20.2 Å². The lowest BCUT2D eigenvalue weighted by atomic mass is 9.93. The van der Waals surface area contributed by atoms with Gasteiger partial charge in [0.15, 0.2) is 0 Å². The SMILES string of the molecule is NS(=O)(=O)c1ccc(N=c2ccc3c(-c4ccccc4S(=O)(=O)O)c4ccc(Nc5ccc(S(N)(=O)=O)cc5)cc4oc-3c2)cc1. The number of anilines is 2. The molecule has 4 aromatic carbocycles. The summed E-state index contributed by atoms with van der Waals surface area (Å²) in [5.74, 6) is 0.338. The molecule has 0 radical (unpaired) electrons. The quantitative estimate of drug-likeness (QED) is 0.136. The normalized spacial score (nSPS) is 12.9. The van der Waals surface area contributed by atoms with E-state index in [1.807, 2.05) is 0 Å². The van der Waals surface area contributed by atoms with E-state index in [1.54, 1.807) is 60.7 Å². The van der Waals surface area contributed by atoms with Gasteiger partial charge in [0, 0.05) is 45.6 Å². The first kappa shape index (κ1) is 31.1. The molecule has 0 saturated carbocycles. The molecule has 0 aromatic heterocycles. The molecule has 0 saturated heterocycles. The Bertz CT molecular complexity index is 2510. The fourth-order valence-corrected chi connectivity index (χ4v) is 6.70. The highest BCUT2D eigenvalue weighted by molar-refractivity contribution is 7.89. The van der Waals surface area contributed by atoms with Gasteiger partial charge in [-0.25, -0.2) is 32.1 Å². The van der Waals surface area contributed by atoms with Crippen molar-refractivity contribution >= 4 is 58.2 Å². The molecule has 1 aliphatic heterocycles. The number of hydrogen-bond donors (Lipinski definition) is 4. The lowest BCUT2D eigenvalue weighted by Gasteiger charge is -2.18. The Morgan fingerprint density at radius 2 is 1.26 bits per heavy atom. The van der Waals surface area contributed by atoms with E-state index >= 15 is 0 Å². The number of fused-ring (bicyclic) bond motifs is 2. The molecule has 6 N–H and O–H groups in total. The van der Waals surface area contributed by atoms with E-state index in [0.717, 1.165) is 0 Å². The van der Waals surface area contributed by atoms with Crippen LogP contribution >= 0.6 is 0 Å². The van der Waals surface area contributed by atoms with Crippen LogP contribution in [-0.2, 0) is 30.2 Å². The molecule has 12 nitrogen and oxygen atoms in total. The van der Waals surface area contributed by atoms with Gasteiger partial charge in [-0.15, -0.1) is 0 Å². The molecule has 2 aliphatic rings. The third kappa shape index (κ3) is 6.41. The number of benzene rings is 5. The van der Waals surface area contributed by atoms with Crippen LogP contribution < -0.4 is 21.0 Å². The summed E-state index contributed by atoms with van der Waals surface area (Å²) in [6.07, 6.45) is 0. The molecule has 0 fully saturated rings. The van der Waals surface area contributed by atoms with Crippen LogP contribution in [0.5, 0.6) is 0 Å². The maximum absolute atomic E-state index is 12.4. The van der Waals surface area contributed by atoms with E-state index < -0.39 is 30.2 Å². The van der Waals surface area contributed by atoms with E-state index in [1.165, 1.54) is 48.5 Å².